The summed E-state index contributed by atoms with van der Waals surface area (Å²) in [6.07, 6.45) is -1.63. The van der Waals surface area contributed by atoms with E-state index in [-0.39, 0.29) is 24.4 Å². The van der Waals surface area contributed by atoms with Crippen LogP contribution in [-0.4, -0.2) is 45.3 Å². The maximum absolute atomic E-state index is 12.4. The average Bonchev–Trinajstić information content (AvgIpc) is 3.25. The summed E-state index contributed by atoms with van der Waals surface area (Å²) < 4.78 is 4.98. The van der Waals surface area contributed by atoms with E-state index in [0.29, 0.717) is 0 Å². The van der Waals surface area contributed by atoms with E-state index in [0.717, 1.165) is 22.8 Å². The highest BCUT2D eigenvalue weighted by Gasteiger charge is 2.24. The van der Waals surface area contributed by atoms with Crippen LogP contribution in [0.3, 0.4) is 0 Å². The molecular weight excluding hydrogens is 402 g/mol. The van der Waals surface area contributed by atoms with E-state index in [1.807, 2.05) is 54.6 Å². The van der Waals surface area contributed by atoms with Crippen molar-refractivity contribution in [3.05, 3.63) is 83.8 Å². The molecule has 31 heavy (non-hydrogen) atoms. The highest BCUT2D eigenvalue weighted by molar-refractivity contribution is 5.93. The van der Waals surface area contributed by atoms with Crippen molar-refractivity contribution in [2.75, 3.05) is 0 Å². The number of nitrogens with one attached hydrogen (secondary N) is 1. The van der Waals surface area contributed by atoms with E-state index >= 15 is 0 Å². The largest absolute Gasteiger partial charge is 0.479 e. The number of carboxylic acids is 2. The molecule has 2 atom stereocenters. The lowest BCUT2D eigenvalue weighted by molar-refractivity contribution is -0.147. The smallest absolute Gasteiger partial charge is 0.371 e. The van der Waals surface area contributed by atoms with Gasteiger partial charge in [0.15, 0.2) is 11.9 Å². The second-order valence-electron chi connectivity index (χ2n) is 7.00. The Labute approximate surface area is 177 Å². The Kier molecular flexibility index (Phi) is 6.84. The third kappa shape index (κ3) is 5.80. The Morgan fingerprint density at radius 1 is 0.839 bits per heavy atom. The molecule has 4 N–H and O–H groups in total. The molecule has 0 saturated carbocycles. The number of hydrogen-bond acceptors (Lipinski definition) is 5. The fraction of sp³-hybridized carbons (Fsp3) is 0.174. The summed E-state index contributed by atoms with van der Waals surface area (Å²) in [5.41, 5.74) is 2.88. The van der Waals surface area contributed by atoms with Gasteiger partial charge in [-0.15, -0.1) is 0 Å². The summed E-state index contributed by atoms with van der Waals surface area (Å²) in [7, 11) is 0. The Morgan fingerprint density at radius 2 is 1.45 bits per heavy atom. The van der Waals surface area contributed by atoms with Crippen LogP contribution in [0.25, 0.3) is 11.1 Å². The number of amides is 1. The number of carbonyl (C=O) groups is 3. The quantitative estimate of drug-likeness (QED) is 0.415. The van der Waals surface area contributed by atoms with Crippen molar-refractivity contribution >= 4 is 17.8 Å². The number of rotatable bonds is 9. The molecule has 0 radical (unpaired) electrons. The topological polar surface area (TPSA) is 137 Å². The fourth-order valence-electron chi connectivity index (χ4n) is 3.14. The number of aliphatic carboxylic acids is 1. The molecule has 8 nitrogen and oxygen atoms in total. The molecule has 2 aromatic carbocycles. The molecule has 0 aliphatic heterocycles. The minimum atomic E-state index is -1.67. The molecule has 8 heteroatoms. The number of carbonyl (C=O) groups excluding carboxylic acids is 1. The van der Waals surface area contributed by atoms with Gasteiger partial charge in [0.25, 0.3) is 5.91 Å². The number of furan rings is 1. The summed E-state index contributed by atoms with van der Waals surface area (Å²) in [5.74, 6) is -4.01. The molecule has 0 aliphatic carbocycles. The van der Waals surface area contributed by atoms with E-state index in [1.54, 1.807) is 0 Å². The Morgan fingerprint density at radius 3 is 2.03 bits per heavy atom. The van der Waals surface area contributed by atoms with Gasteiger partial charge in [-0.25, -0.2) is 9.59 Å². The Bertz CT molecular complexity index is 1060. The Hall–Kier alpha value is -3.91. The molecular formula is C23H21NO7. The van der Waals surface area contributed by atoms with Crippen molar-refractivity contribution in [2.45, 2.75) is 25.0 Å². The molecule has 0 bridgehead atoms. The van der Waals surface area contributed by atoms with Crippen LogP contribution < -0.4 is 5.32 Å². The van der Waals surface area contributed by atoms with Crippen molar-refractivity contribution < 1.29 is 34.1 Å². The van der Waals surface area contributed by atoms with Crippen LogP contribution in [0.4, 0.5) is 0 Å². The summed E-state index contributed by atoms with van der Waals surface area (Å²) >= 11 is 0. The summed E-state index contributed by atoms with van der Waals surface area (Å²) in [6.45, 7) is 0. The molecule has 1 unspecified atom stereocenters. The average molecular weight is 423 g/mol. The summed E-state index contributed by atoms with van der Waals surface area (Å²) in [6, 6.07) is 19.0. The van der Waals surface area contributed by atoms with Crippen molar-refractivity contribution in [3.63, 3.8) is 0 Å². The number of aromatic carboxylic acids is 1. The zero-order valence-corrected chi connectivity index (χ0v) is 16.4. The van der Waals surface area contributed by atoms with E-state index < -0.39 is 30.0 Å². The molecule has 160 valence electrons. The van der Waals surface area contributed by atoms with Crippen molar-refractivity contribution in [1.29, 1.82) is 0 Å². The van der Waals surface area contributed by atoms with Gasteiger partial charge >= 0.3 is 11.9 Å². The lowest BCUT2D eigenvalue weighted by atomic mass is 9.98. The van der Waals surface area contributed by atoms with Gasteiger partial charge in [-0.2, -0.15) is 0 Å². The zero-order chi connectivity index (χ0) is 22.4. The van der Waals surface area contributed by atoms with Gasteiger partial charge in [0.05, 0.1) is 0 Å². The SMILES string of the molecule is O=C(O)c1ccc(C(=O)N[C@H](Cc2ccc(-c3ccccc3)cc2)CC(O)C(=O)O)o1. The van der Waals surface area contributed by atoms with Gasteiger partial charge in [0.1, 0.15) is 0 Å². The van der Waals surface area contributed by atoms with Gasteiger partial charge in [0.2, 0.25) is 5.76 Å². The molecule has 3 rings (SSSR count). The van der Waals surface area contributed by atoms with E-state index in [9.17, 15) is 19.5 Å². The van der Waals surface area contributed by atoms with E-state index in [1.165, 1.54) is 6.07 Å². The number of aliphatic hydroxyl groups excluding tert-OH is 1. The first-order valence-corrected chi connectivity index (χ1v) is 9.52. The number of benzene rings is 2. The standard InChI is InChI=1S/C23H21NO7/c25-18(22(27)28)13-17(24-21(26)19-10-11-20(31-19)23(29)30)12-14-6-8-16(9-7-14)15-4-2-1-3-5-15/h1-11,17-18,25H,12-13H2,(H,24,26)(H,27,28)(H,29,30)/t17-,18?/m1/s1. The van der Waals surface area contributed by atoms with Gasteiger partial charge in [0, 0.05) is 12.5 Å². The van der Waals surface area contributed by atoms with E-state index in [2.05, 4.69) is 5.32 Å². The lowest BCUT2D eigenvalue weighted by Gasteiger charge is -2.20. The molecule has 0 fully saturated rings. The van der Waals surface area contributed by atoms with Crippen LogP contribution in [0.2, 0.25) is 0 Å². The second kappa shape index (κ2) is 9.73. The van der Waals surface area contributed by atoms with Crippen LogP contribution in [0.5, 0.6) is 0 Å². The Balaban J connectivity index is 1.74. The van der Waals surface area contributed by atoms with Gasteiger partial charge in [-0.1, -0.05) is 54.6 Å². The molecule has 3 aromatic rings. The normalized spacial score (nSPS) is 12.7. The minimum Gasteiger partial charge on any atom is -0.479 e. The number of carboxylic acid groups (broad SMARTS) is 2. The summed E-state index contributed by atoms with van der Waals surface area (Å²) in [5, 5.41) is 30.3. The molecule has 0 spiro atoms. The number of hydrogen-bond donors (Lipinski definition) is 4. The first-order chi connectivity index (χ1) is 14.8. The van der Waals surface area contributed by atoms with Crippen molar-refractivity contribution in [3.8, 4) is 11.1 Å². The second-order valence-corrected chi connectivity index (χ2v) is 7.00. The highest BCUT2D eigenvalue weighted by atomic mass is 16.4. The third-order valence-electron chi connectivity index (χ3n) is 4.71. The molecule has 0 aliphatic rings. The van der Waals surface area contributed by atoms with Crippen LogP contribution in [0.15, 0.2) is 71.1 Å². The predicted molar refractivity (Wildman–Crippen MR) is 111 cm³/mol. The van der Waals surface area contributed by atoms with E-state index in [4.69, 9.17) is 14.6 Å². The first-order valence-electron chi connectivity index (χ1n) is 9.52. The minimum absolute atomic E-state index is 0.216. The van der Waals surface area contributed by atoms with Gasteiger partial charge < -0.3 is 25.1 Å². The van der Waals surface area contributed by atoms with Gasteiger partial charge in [-0.05, 0) is 35.2 Å². The lowest BCUT2D eigenvalue weighted by Crippen LogP contribution is -2.40. The summed E-state index contributed by atoms with van der Waals surface area (Å²) in [4.78, 5) is 34.4. The maximum Gasteiger partial charge on any atom is 0.371 e. The predicted octanol–water partition coefficient (Wildman–Crippen LogP) is 2.82. The third-order valence-corrected chi connectivity index (χ3v) is 4.71. The van der Waals surface area contributed by atoms with Crippen molar-refractivity contribution in [1.82, 2.24) is 5.32 Å². The fourth-order valence-corrected chi connectivity index (χ4v) is 3.14. The van der Waals surface area contributed by atoms with Gasteiger partial charge in [-0.3, -0.25) is 4.79 Å². The van der Waals surface area contributed by atoms with Crippen LogP contribution >= 0.6 is 0 Å². The first kappa shape index (κ1) is 21.8. The molecule has 1 aromatic heterocycles. The number of aliphatic hydroxyl groups is 1. The monoisotopic (exact) mass is 423 g/mol. The maximum atomic E-state index is 12.4. The van der Waals surface area contributed by atoms with Crippen LogP contribution in [-0.2, 0) is 11.2 Å². The molecule has 1 amide bonds. The molecule has 1 heterocycles. The molecule has 0 saturated heterocycles. The van der Waals surface area contributed by atoms with Crippen LogP contribution in [0.1, 0.15) is 33.1 Å². The van der Waals surface area contributed by atoms with Crippen LogP contribution in [0, 0.1) is 0 Å². The zero-order valence-electron chi connectivity index (χ0n) is 16.4. The van der Waals surface area contributed by atoms with Crippen molar-refractivity contribution in [2.24, 2.45) is 0 Å². The highest BCUT2D eigenvalue weighted by Crippen LogP contribution is 2.20.